The summed E-state index contributed by atoms with van der Waals surface area (Å²) >= 11 is 12.5. The van der Waals surface area contributed by atoms with Gasteiger partial charge in [0.2, 0.25) is 11.8 Å². The molecule has 0 saturated carbocycles. The second kappa shape index (κ2) is 9.97. The molecule has 0 N–H and O–H groups in total. The number of carbonyl (C=O) groups is 2. The van der Waals surface area contributed by atoms with Gasteiger partial charge < -0.3 is 9.47 Å². The second-order valence-electron chi connectivity index (χ2n) is 8.26. The number of hydrogen-bond donors (Lipinski definition) is 1. The molecule has 2 unspecified atom stereocenters. The SMILES string of the molecule is COc1ccc(Oc2cccc(C3(c4ccsc4)CC(=O)C(c4ccccc4Cl)C(=O)N3S)n2)cc1. The van der Waals surface area contributed by atoms with E-state index in [0.717, 1.165) is 5.56 Å². The zero-order valence-electron chi connectivity index (χ0n) is 19.1. The van der Waals surface area contributed by atoms with Crippen molar-refractivity contribution >= 4 is 47.4 Å². The first kappa shape index (κ1) is 24.4. The monoisotopic (exact) mass is 536 g/mol. The highest BCUT2D eigenvalue weighted by atomic mass is 35.5. The van der Waals surface area contributed by atoms with Crippen molar-refractivity contribution in [3.63, 3.8) is 0 Å². The molecule has 5 rings (SSSR count). The molecule has 1 aliphatic rings. The lowest BCUT2D eigenvalue weighted by Crippen LogP contribution is -2.54. The number of halogens is 1. The molecule has 4 aromatic rings. The summed E-state index contributed by atoms with van der Waals surface area (Å²) in [6, 6.07) is 21.2. The van der Waals surface area contributed by atoms with Gasteiger partial charge in [0.05, 0.1) is 12.8 Å². The van der Waals surface area contributed by atoms with E-state index in [1.165, 1.54) is 15.6 Å². The standard InChI is InChI=1S/C27H21ClN2O4S2/c1-33-18-9-11-19(12-10-18)34-24-8-4-7-23(29-24)27(17-13-14-36-16-17)15-22(31)25(26(32)30(27)35)20-5-2-3-6-21(20)28/h2-14,16,25,35H,15H2,1H3. The van der Waals surface area contributed by atoms with Gasteiger partial charge in [0.15, 0.2) is 5.78 Å². The maximum atomic E-state index is 13.7. The number of aromatic nitrogens is 1. The molecule has 36 heavy (non-hydrogen) atoms. The van der Waals surface area contributed by atoms with Crippen LogP contribution in [-0.4, -0.2) is 28.1 Å². The molecule has 1 amide bonds. The van der Waals surface area contributed by atoms with Crippen LogP contribution in [-0.2, 0) is 15.1 Å². The number of pyridine rings is 1. The van der Waals surface area contributed by atoms with E-state index < -0.39 is 17.4 Å². The molecule has 1 saturated heterocycles. The topological polar surface area (TPSA) is 68.7 Å². The van der Waals surface area contributed by atoms with Crippen LogP contribution in [0.1, 0.15) is 29.2 Å². The number of thiol groups is 1. The van der Waals surface area contributed by atoms with E-state index in [1.807, 2.05) is 16.8 Å². The predicted molar refractivity (Wildman–Crippen MR) is 142 cm³/mol. The molecule has 2 aromatic heterocycles. The van der Waals surface area contributed by atoms with Crippen LogP contribution >= 0.6 is 35.8 Å². The van der Waals surface area contributed by atoms with Crippen LogP contribution in [0.5, 0.6) is 17.4 Å². The molecule has 1 aliphatic heterocycles. The van der Waals surface area contributed by atoms with Gasteiger partial charge in [-0.1, -0.05) is 48.7 Å². The van der Waals surface area contributed by atoms with Crippen molar-refractivity contribution in [2.75, 3.05) is 7.11 Å². The number of hydrogen-bond acceptors (Lipinski definition) is 7. The lowest BCUT2D eigenvalue weighted by Gasteiger charge is -2.45. The summed E-state index contributed by atoms with van der Waals surface area (Å²) < 4.78 is 12.5. The summed E-state index contributed by atoms with van der Waals surface area (Å²) in [6.45, 7) is 0. The van der Waals surface area contributed by atoms with Crippen molar-refractivity contribution in [2.45, 2.75) is 17.9 Å². The first-order valence-corrected chi connectivity index (χ1v) is 12.8. The number of carbonyl (C=O) groups excluding carboxylic acids is 2. The summed E-state index contributed by atoms with van der Waals surface area (Å²) in [5, 5.41) is 4.16. The summed E-state index contributed by atoms with van der Waals surface area (Å²) in [5.74, 6) is -0.158. The Morgan fingerprint density at radius 2 is 1.78 bits per heavy atom. The van der Waals surface area contributed by atoms with Gasteiger partial charge in [0, 0.05) is 17.5 Å². The Morgan fingerprint density at radius 3 is 2.47 bits per heavy atom. The lowest BCUT2D eigenvalue weighted by atomic mass is 9.75. The van der Waals surface area contributed by atoms with Crippen molar-refractivity contribution in [3.05, 3.63) is 105 Å². The van der Waals surface area contributed by atoms with Gasteiger partial charge in [-0.05, 0) is 64.4 Å². The Labute approximate surface area is 223 Å². The number of benzene rings is 2. The number of methoxy groups -OCH3 is 1. The molecule has 182 valence electrons. The van der Waals surface area contributed by atoms with Crippen LogP contribution < -0.4 is 9.47 Å². The average molecular weight is 537 g/mol. The first-order valence-electron chi connectivity index (χ1n) is 11.1. The molecular formula is C27H21ClN2O4S2. The third-order valence-electron chi connectivity index (χ3n) is 6.21. The summed E-state index contributed by atoms with van der Waals surface area (Å²) in [4.78, 5) is 32.1. The van der Waals surface area contributed by atoms with Crippen LogP contribution in [0.4, 0.5) is 0 Å². The third kappa shape index (κ3) is 4.25. The number of rotatable bonds is 6. The summed E-state index contributed by atoms with van der Waals surface area (Å²) in [6.07, 6.45) is -0.0200. The van der Waals surface area contributed by atoms with Crippen molar-refractivity contribution in [1.29, 1.82) is 0 Å². The van der Waals surface area contributed by atoms with Crippen molar-refractivity contribution in [1.82, 2.24) is 9.29 Å². The fourth-order valence-corrected chi connectivity index (χ4v) is 5.80. The van der Waals surface area contributed by atoms with Crippen LogP contribution in [0, 0.1) is 0 Å². The van der Waals surface area contributed by atoms with Crippen LogP contribution in [0.2, 0.25) is 5.02 Å². The van der Waals surface area contributed by atoms with E-state index in [1.54, 1.807) is 73.8 Å². The quantitative estimate of drug-likeness (QED) is 0.232. The normalized spacial score (nSPS) is 19.9. The van der Waals surface area contributed by atoms with Gasteiger partial charge in [-0.25, -0.2) is 4.98 Å². The largest absolute Gasteiger partial charge is 0.497 e. The first-order chi connectivity index (χ1) is 17.4. The Hall–Kier alpha value is -3.33. The summed E-state index contributed by atoms with van der Waals surface area (Å²) in [7, 11) is 1.59. The maximum Gasteiger partial charge on any atom is 0.248 e. The van der Waals surface area contributed by atoms with Gasteiger partial charge >= 0.3 is 0 Å². The number of piperidine rings is 1. The van der Waals surface area contributed by atoms with Gasteiger partial charge in [-0.2, -0.15) is 11.3 Å². The Kier molecular flexibility index (Phi) is 6.75. The van der Waals surface area contributed by atoms with Crippen molar-refractivity contribution in [3.8, 4) is 17.4 Å². The molecule has 2 aromatic carbocycles. The molecule has 0 spiro atoms. The number of amides is 1. The van der Waals surface area contributed by atoms with Crippen LogP contribution in [0.25, 0.3) is 0 Å². The third-order valence-corrected chi connectivity index (χ3v) is 7.78. The van der Waals surface area contributed by atoms with E-state index in [4.69, 9.17) is 26.1 Å². The van der Waals surface area contributed by atoms with Crippen LogP contribution in [0.3, 0.4) is 0 Å². The number of Topliss-reactive ketones (excluding diaryl/α,β-unsaturated/α-hetero) is 1. The average Bonchev–Trinajstić information content (AvgIpc) is 3.44. The molecule has 2 atom stereocenters. The fraction of sp³-hybridized carbons (Fsp3) is 0.148. The van der Waals surface area contributed by atoms with E-state index in [-0.39, 0.29) is 12.2 Å². The number of thiophene rings is 1. The Bertz CT molecular complexity index is 1410. The maximum absolute atomic E-state index is 13.7. The minimum absolute atomic E-state index is 0.0200. The molecule has 3 heterocycles. The zero-order chi connectivity index (χ0) is 25.3. The fourth-order valence-electron chi connectivity index (χ4n) is 4.43. The molecule has 9 heteroatoms. The molecule has 0 aliphatic carbocycles. The Morgan fingerprint density at radius 1 is 1.03 bits per heavy atom. The smallest absolute Gasteiger partial charge is 0.248 e. The molecular weight excluding hydrogens is 516 g/mol. The highest BCUT2D eigenvalue weighted by Crippen LogP contribution is 2.48. The van der Waals surface area contributed by atoms with Gasteiger partial charge in [0.1, 0.15) is 23.0 Å². The highest BCUT2D eigenvalue weighted by molar-refractivity contribution is 7.78. The molecule has 1 fully saturated rings. The number of ketones is 1. The van der Waals surface area contributed by atoms with Gasteiger partial charge in [-0.15, -0.1) is 0 Å². The van der Waals surface area contributed by atoms with Crippen LogP contribution in [0.15, 0.2) is 83.6 Å². The Balaban J connectivity index is 1.56. The van der Waals surface area contributed by atoms with Gasteiger partial charge in [0.25, 0.3) is 0 Å². The van der Waals surface area contributed by atoms with Gasteiger partial charge in [-0.3, -0.25) is 13.9 Å². The predicted octanol–water partition coefficient (Wildman–Crippen LogP) is 6.27. The highest BCUT2D eigenvalue weighted by Gasteiger charge is 2.53. The summed E-state index contributed by atoms with van der Waals surface area (Å²) in [5.41, 5.74) is 0.475. The zero-order valence-corrected chi connectivity index (χ0v) is 21.6. The van der Waals surface area contributed by atoms with E-state index in [0.29, 0.717) is 33.7 Å². The van der Waals surface area contributed by atoms with E-state index >= 15 is 0 Å². The van der Waals surface area contributed by atoms with Crippen molar-refractivity contribution < 1.29 is 19.1 Å². The van der Waals surface area contributed by atoms with E-state index in [9.17, 15) is 9.59 Å². The minimum Gasteiger partial charge on any atom is -0.497 e. The van der Waals surface area contributed by atoms with E-state index in [2.05, 4.69) is 12.8 Å². The number of ether oxygens (including phenoxy) is 2. The lowest BCUT2D eigenvalue weighted by molar-refractivity contribution is -0.142. The minimum atomic E-state index is -1.21. The number of nitrogens with zero attached hydrogens (tertiary/aromatic N) is 2. The molecule has 6 nitrogen and oxygen atoms in total. The second-order valence-corrected chi connectivity index (χ2v) is 9.85. The van der Waals surface area contributed by atoms with Crippen molar-refractivity contribution in [2.24, 2.45) is 0 Å². The molecule has 0 radical (unpaired) electrons. The molecule has 0 bridgehead atoms.